The zero-order valence-corrected chi connectivity index (χ0v) is 16.9. The first-order chi connectivity index (χ1) is 13.6. The zero-order valence-electron chi connectivity index (χ0n) is 14.5. The van der Waals surface area contributed by atoms with Crippen molar-refractivity contribution in [3.8, 4) is 0 Å². The molecule has 1 aromatic carbocycles. The van der Waals surface area contributed by atoms with E-state index in [0.717, 1.165) is 12.1 Å². The summed E-state index contributed by atoms with van der Waals surface area (Å²) >= 11 is 9.30. The Morgan fingerprint density at radius 3 is 2.72 bits per heavy atom. The van der Waals surface area contributed by atoms with E-state index >= 15 is 0 Å². The maximum atomic E-state index is 12.8. The number of alkyl halides is 4. The Hall–Kier alpha value is -1.81. The van der Waals surface area contributed by atoms with Crippen LogP contribution in [-0.2, 0) is 30.0 Å². The van der Waals surface area contributed by atoms with Crippen LogP contribution < -0.4 is 5.32 Å². The van der Waals surface area contributed by atoms with Crippen molar-refractivity contribution in [2.45, 2.75) is 23.5 Å². The standard InChI is InChI=1S/C18H14BrClF3NO5/c19-14-7-4-8-13(17(27)29-15(8)14)12(7)16(26)28-5-11(25)24-10-3-6(18(21,22)23)1-2-9(10)20/h1-3,7-8,12-15H,4-5H2,(H,24,25)/t7-,8-,12-,13+,14+,15+/m1/s1. The number of anilines is 1. The van der Waals surface area contributed by atoms with Crippen molar-refractivity contribution in [3.63, 3.8) is 0 Å². The molecule has 4 rings (SSSR count). The molecule has 2 saturated carbocycles. The number of nitrogens with one attached hydrogen (secondary N) is 1. The summed E-state index contributed by atoms with van der Waals surface area (Å²) in [5, 5.41) is 2.11. The lowest BCUT2D eigenvalue weighted by Gasteiger charge is -2.26. The molecule has 2 bridgehead atoms. The third kappa shape index (κ3) is 3.50. The first-order valence-corrected chi connectivity index (χ1v) is 10.0. The van der Waals surface area contributed by atoms with Crippen LogP contribution in [0.5, 0.6) is 0 Å². The summed E-state index contributed by atoms with van der Waals surface area (Å²) in [5.74, 6) is -3.44. The number of hydrogen-bond donors (Lipinski definition) is 1. The Morgan fingerprint density at radius 1 is 1.31 bits per heavy atom. The molecule has 1 heterocycles. The van der Waals surface area contributed by atoms with Gasteiger partial charge in [-0.05, 0) is 30.5 Å². The lowest BCUT2D eigenvalue weighted by atomic mass is 9.80. The Kier molecular flexibility index (Phi) is 5.05. The van der Waals surface area contributed by atoms with Gasteiger partial charge in [-0.15, -0.1) is 0 Å². The number of ether oxygens (including phenoxy) is 2. The minimum atomic E-state index is -4.60. The van der Waals surface area contributed by atoms with Crippen LogP contribution in [0.25, 0.3) is 0 Å². The topological polar surface area (TPSA) is 81.7 Å². The van der Waals surface area contributed by atoms with Gasteiger partial charge in [0.1, 0.15) is 6.10 Å². The molecule has 6 nitrogen and oxygen atoms in total. The summed E-state index contributed by atoms with van der Waals surface area (Å²) in [6.07, 6.45) is -4.19. The molecule has 3 fully saturated rings. The van der Waals surface area contributed by atoms with Crippen molar-refractivity contribution in [3.05, 3.63) is 28.8 Å². The van der Waals surface area contributed by atoms with Crippen LogP contribution in [0.4, 0.5) is 18.9 Å². The third-order valence-electron chi connectivity index (χ3n) is 5.71. The largest absolute Gasteiger partial charge is 0.461 e. The van der Waals surface area contributed by atoms with E-state index in [1.54, 1.807) is 0 Å². The van der Waals surface area contributed by atoms with Crippen molar-refractivity contribution in [1.29, 1.82) is 0 Å². The van der Waals surface area contributed by atoms with Crippen LogP contribution in [0.1, 0.15) is 12.0 Å². The molecule has 2 aliphatic carbocycles. The second-order valence-electron chi connectivity index (χ2n) is 7.31. The number of amides is 1. The fourth-order valence-electron chi connectivity index (χ4n) is 4.51. The molecule has 29 heavy (non-hydrogen) atoms. The first kappa shape index (κ1) is 20.5. The first-order valence-electron chi connectivity index (χ1n) is 8.75. The summed E-state index contributed by atoms with van der Waals surface area (Å²) in [4.78, 5) is 36.5. The molecule has 0 aromatic heterocycles. The molecule has 1 saturated heterocycles. The van der Waals surface area contributed by atoms with Crippen LogP contribution in [0.3, 0.4) is 0 Å². The average molecular weight is 497 g/mol. The molecular weight excluding hydrogens is 483 g/mol. The smallest absolute Gasteiger partial charge is 0.416 e. The Bertz CT molecular complexity index is 895. The monoisotopic (exact) mass is 495 g/mol. The number of hydrogen-bond acceptors (Lipinski definition) is 5. The molecule has 1 amide bonds. The fourth-order valence-corrected chi connectivity index (χ4v) is 5.72. The lowest BCUT2D eigenvalue weighted by Crippen LogP contribution is -2.39. The van der Waals surface area contributed by atoms with E-state index in [-0.39, 0.29) is 33.5 Å². The number of fused-ring (bicyclic) bond motifs is 1. The van der Waals surface area contributed by atoms with Gasteiger partial charge in [0.15, 0.2) is 6.61 Å². The maximum absolute atomic E-state index is 12.8. The number of benzene rings is 1. The summed E-state index contributed by atoms with van der Waals surface area (Å²) in [6.45, 7) is -0.711. The van der Waals surface area contributed by atoms with E-state index in [4.69, 9.17) is 21.1 Å². The van der Waals surface area contributed by atoms with Gasteiger partial charge in [0.05, 0.1) is 32.9 Å². The van der Waals surface area contributed by atoms with E-state index in [1.165, 1.54) is 0 Å². The van der Waals surface area contributed by atoms with E-state index in [2.05, 4.69) is 21.2 Å². The average Bonchev–Trinajstić information content (AvgIpc) is 3.25. The molecule has 3 aliphatic rings. The fraction of sp³-hybridized carbons (Fsp3) is 0.500. The molecule has 6 atom stereocenters. The second-order valence-corrected chi connectivity index (χ2v) is 8.77. The quantitative estimate of drug-likeness (QED) is 0.510. The third-order valence-corrected chi connectivity index (χ3v) is 7.24. The van der Waals surface area contributed by atoms with E-state index < -0.39 is 48.0 Å². The summed E-state index contributed by atoms with van der Waals surface area (Å²) in [6, 6.07) is 2.50. The van der Waals surface area contributed by atoms with Gasteiger partial charge in [-0.2, -0.15) is 13.2 Å². The molecule has 11 heteroatoms. The Balaban J connectivity index is 1.38. The Labute approximate surface area is 176 Å². The van der Waals surface area contributed by atoms with E-state index in [0.29, 0.717) is 12.5 Å². The van der Waals surface area contributed by atoms with Gasteiger partial charge in [0.25, 0.3) is 5.91 Å². The number of esters is 2. The van der Waals surface area contributed by atoms with Crippen molar-refractivity contribution in [1.82, 2.24) is 0 Å². The number of halogens is 5. The van der Waals surface area contributed by atoms with Crippen molar-refractivity contribution >= 4 is 51.1 Å². The molecular formula is C18H14BrClF3NO5. The second kappa shape index (κ2) is 7.16. The summed E-state index contributed by atoms with van der Waals surface area (Å²) < 4.78 is 48.8. The minimum Gasteiger partial charge on any atom is -0.461 e. The SMILES string of the molecule is O=C(COC(=O)[C@@H]1[C@H]2C[C@H]3[C@H](OC(=O)[C@@H]31)[C@H]2Br)Nc1cc(C(F)(F)F)ccc1Cl. The molecule has 1 aliphatic heterocycles. The van der Waals surface area contributed by atoms with Gasteiger partial charge < -0.3 is 14.8 Å². The molecule has 0 radical (unpaired) electrons. The van der Waals surface area contributed by atoms with Crippen molar-refractivity contribution < 1.29 is 37.0 Å². The minimum absolute atomic E-state index is 0.0489. The van der Waals surface area contributed by atoms with Gasteiger partial charge in [-0.25, -0.2) is 0 Å². The van der Waals surface area contributed by atoms with Crippen LogP contribution in [-0.4, -0.2) is 35.4 Å². The predicted octanol–water partition coefficient (Wildman–Crippen LogP) is 3.41. The molecule has 1 aromatic rings. The van der Waals surface area contributed by atoms with Crippen LogP contribution >= 0.6 is 27.5 Å². The van der Waals surface area contributed by atoms with E-state index in [9.17, 15) is 27.6 Å². The van der Waals surface area contributed by atoms with Gasteiger partial charge in [-0.1, -0.05) is 27.5 Å². The summed E-state index contributed by atoms with van der Waals surface area (Å²) in [7, 11) is 0. The van der Waals surface area contributed by atoms with Crippen LogP contribution in [0.15, 0.2) is 18.2 Å². The van der Waals surface area contributed by atoms with Crippen LogP contribution in [0.2, 0.25) is 5.02 Å². The van der Waals surface area contributed by atoms with Gasteiger partial charge in [-0.3, -0.25) is 14.4 Å². The predicted molar refractivity (Wildman–Crippen MR) is 97.2 cm³/mol. The number of carbonyl (C=O) groups excluding carboxylic acids is 3. The number of rotatable bonds is 4. The van der Waals surface area contributed by atoms with Crippen molar-refractivity contribution in [2.24, 2.45) is 23.7 Å². The molecule has 0 spiro atoms. The number of carbonyl (C=O) groups is 3. The van der Waals surface area contributed by atoms with Gasteiger partial charge in [0, 0.05) is 5.92 Å². The maximum Gasteiger partial charge on any atom is 0.416 e. The van der Waals surface area contributed by atoms with Gasteiger partial charge >= 0.3 is 18.1 Å². The molecule has 0 unspecified atom stereocenters. The summed E-state index contributed by atoms with van der Waals surface area (Å²) in [5.41, 5.74) is -1.22. The van der Waals surface area contributed by atoms with Crippen molar-refractivity contribution in [2.75, 3.05) is 11.9 Å². The highest BCUT2D eigenvalue weighted by Crippen LogP contribution is 2.60. The highest BCUT2D eigenvalue weighted by atomic mass is 79.9. The molecule has 156 valence electrons. The highest BCUT2D eigenvalue weighted by Gasteiger charge is 2.68. The highest BCUT2D eigenvalue weighted by molar-refractivity contribution is 9.09. The zero-order chi connectivity index (χ0) is 21.1. The van der Waals surface area contributed by atoms with Gasteiger partial charge in [0.2, 0.25) is 0 Å². The van der Waals surface area contributed by atoms with Crippen LogP contribution in [0, 0.1) is 23.7 Å². The molecule has 1 N–H and O–H groups in total. The normalized spacial score (nSPS) is 32.2. The Morgan fingerprint density at radius 2 is 2.03 bits per heavy atom. The lowest BCUT2D eigenvalue weighted by molar-refractivity contribution is -0.157. The van der Waals surface area contributed by atoms with E-state index in [1.807, 2.05) is 0 Å².